The Morgan fingerprint density at radius 3 is 2.26 bits per heavy atom. The van der Waals surface area contributed by atoms with E-state index in [0.29, 0.717) is 18.7 Å². The van der Waals surface area contributed by atoms with Crippen LogP contribution in [0.2, 0.25) is 0 Å². The van der Waals surface area contributed by atoms with Gasteiger partial charge >= 0.3 is 0 Å². The lowest BCUT2D eigenvalue weighted by atomic mass is 10.1. The number of carbonyl (C=O) groups is 2. The van der Waals surface area contributed by atoms with Crippen LogP contribution in [0.5, 0.6) is 0 Å². The van der Waals surface area contributed by atoms with Crippen LogP contribution in [0.1, 0.15) is 38.3 Å². The molecule has 0 unspecified atom stereocenters. The fraction of sp³-hybridized carbons (Fsp3) is 0.391. The van der Waals surface area contributed by atoms with E-state index < -0.39 is 11.0 Å². The summed E-state index contributed by atoms with van der Waals surface area (Å²) in [7, 11) is 0. The molecule has 0 aromatic heterocycles. The van der Waals surface area contributed by atoms with Crippen molar-refractivity contribution in [3.63, 3.8) is 0 Å². The number of amides is 2. The van der Waals surface area contributed by atoms with Gasteiger partial charge in [0.25, 0.3) is 5.69 Å². The molecule has 0 fully saturated rings. The lowest BCUT2D eigenvalue weighted by Crippen LogP contribution is -2.50. The first kappa shape index (κ1) is 24.4. The van der Waals surface area contributed by atoms with Crippen molar-refractivity contribution in [3.05, 3.63) is 75.8 Å². The van der Waals surface area contributed by atoms with Gasteiger partial charge < -0.3 is 10.2 Å². The minimum atomic E-state index is -0.546. The van der Waals surface area contributed by atoms with E-state index in [9.17, 15) is 19.7 Å². The van der Waals surface area contributed by atoms with Gasteiger partial charge in [0, 0.05) is 30.5 Å². The highest BCUT2D eigenvalue weighted by atomic mass is 32.2. The lowest BCUT2D eigenvalue weighted by Gasteiger charge is -2.31. The van der Waals surface area contributed by atoms with E-state index in [0.717, 1.165) is 11.1 Å². The number of benzene rings is 2. The maximum absolute atomic E-state index is 13.1. The molecule has 0 spiro atoms. The minimum Gasteiger partial charge on any atom is -0.352 e. The molecule has 0 aliphatic carbocycles. The molecule has 31 heavy (non-hydrogen) atoms. The van der Waals surface area contributed by atoms with Crippen molar-refractivity contribution in [2.75, 3.05) is 5.75 Å². The van der Waals surface area contributed by atoms with Crippen molar-refractivity contribution in [3.8, 4) is 0 Å². The third kappa shape index (κ3) is 7.71. The van der Waals surface area contributed by atoms with Crippen LogP contribution in [-0.2, 0) is 21.9 Å². The van der Waals surface area contributed by atoms with Crippen molar-refractivity contribution >= 4 is 29.3 Å². The molecule has 166 valence electrons. The van der Waals surface area contributed by atoms with E-state index in [2.05, 4.69) is 5.32 Å². The topological polar surface area (TPSA) is 92.6 Å². The zero-order valence-corrected chi connectivity index (χ0v) is 18.9. The van der Waals surface area contributed by atoms with Gasteiger partial charge in [-0.2, -0.15) is 0 Å². The zero-order valence-electron chi connectivity index (χ0n) is 18.1. The molecule has 1 atom stereocenters. The lowest BCUT2D eigenvalue weighted by molar-refractivity contribution is -0.384. The summed E-state index contributed by atoms with van der Waals surface area (Å²) in [6.07, 6.45) is 0.518. The highest BCUT2D eigenvalue weighted by Gasteiger charge is 2.28. The fourth-order valence-corrected chi connectivity index (χ4v) is 4.00. The molecule has 0 radical (unpaired) electrons. The minimum absolute atomic E-state index is 0.00765. The first-order valence-corrected chi connectivity index (χ1v) is 11.4. The number of carbonyl (C=O) groups excluding carboxylic acids is 2. The molecule has 7 nitrogen and oxygen atoms in total. The highest BCUT2D eigenvalue weighted by Crippen LogP contribution is 2.19. The third-order valence-corrected chi connectivity index (χ3v) is 5.64. The molecule has 2 aromatic rings. The van der Waals surface area contributed by atoms with Gasteiger partial charge in [0.2, 0.25) is 11.8 Å². The van der Waals surface area contributed by atoms with Crippen LogP contribution in [0.15, 0.2) is 54.6 Å². The van der Waals surface area contributed by atoms with Crippen molar-refractivity contribution in [1.29, 1.82) is 0 Å². The molecule has 0 bridgehead atoms. The van der Waals surface area contributed by atoms with Crippen LogP contribution in [-0.4, -0.2) is 39.5 Å². The smallest absolute Gasteiger partial charge is 0.269 e. The first-order valence-electron chi connectivity index (χ1n) is 10.3. The summed E-state index contributed by atoms with van der Waals surface area (Å²) in [4.78, 5) is 37.8. The first-order chi connectivity index (χ1) is 14.8. The van der Waals surface area contributed by atoms with Crippen LogP contribution in [0.4, 0.5) is 5.69 Å². The number of nitrogens with zero attached hydrogens (tertiary/aromatic N) is 2. The molecule has 2 amide bonds. The van der Waals surface area contributed by atoms with E-state index in [1.165, 1.54) is 23.9 Å². The average molecular weight is 444 g/mol. The van der Waals surface area contributed by atoms with E-state index in [-0.39, 0.29) is 29.3 Å². The SMILES string of the molecule is CC[C@@H](C(=O)NC(C)C)N(Cc1ccccc1)C(=O)CSCc1ccc([N+](=O)[O-])cc1. The van der Waals surface area contributed by atoms with Crippen molar-refractivity contribution in [1.82, 2.24) is 10.2 Å². The normalized spacial score (nSPS) is 11.7. The quantitative estimate of drug-likeness (QED) is 0.416. The molecule has 0 aliphatic heterocycles. The molecule has 2 rings (SSSR count). The second-order valence-corrected chi connectivity index (χ2v) is 8.50. The fourth-order valence-electron chi connectivity index (χ4n) is 3.13. The maximum Gasteiger partial charge on any atom is 0.269 e. The van der Waals surface area contributed by atoms with Crippen molar-refractivity contribution < 1.29 is 14.5 Å². The van der Waals surface area contributed by atoms with Gasteiger partial charge in [-0.25, -0.2) is 0 Å². The number of nitro benzene ring substituents is 1. The molecule has 2 aromatic carbocycles. The second kappa shape index (κ2) is 12.1. The van der Waals surface area contributed by atoms with Gasteiger partial charge in [-0.1, -0.05) is 49.4 Å². The van der Waals surface area contributed by atoms with Gasteiger partial charge in [0.05, 0.1) is 10.7 Å². The molecule has 0 saturated heterocycles. The number of nitrogens with one attached hydrogen (secondary N) is 1. The van der Waals surface area contributed by atoms with Crippen LogP contribution in [0.25, 0.3) is 0 Å². The Labute approximate surface area is 187 Å². The number of rotatable bonds is 11. The van der Waals surface area contributed by atoms with Gasteiger partial charge in [-0.3, -0.25) is 19.7 Å². The van der Waals surface area contributed by atoms with Crippen LogP contribution >= 0.6 is 11.8 Å². The van der Waals surface area contributed by atoms with Gasteiger partial charge in [0.1, 0.15) is 6.04 Å². The van der Waals surface area contributed by atoms with Crippen LogP contribution in [0.3, 0.4) is 0 Å². The molecule has 0 aliphatic rings. The summed E-state index contributed by atoms with van der Waals surface area (Å²) in [6, 6.07) is 15.4. The Kier molecular flexibility index (Phi) is 9.52. The summed E-state index contributed by atoms with van der Waals surface area (Å²) in [5.74, 6) is 0.511. The van der Waals surface area contributed by atoms with E-state index in [1.807, 2.05) is 51.1 Å². The standard InChI is InChI=1S/C23H29N3O4S/c1-4-21(23(28)24-17(2)3)25(14-18-8-6-5-7-9-18)22(27)16-31-15-19-10-12-20(13-11-19)26(29)30/h5-13,17,21H,4,14-16H2,1-3H3,(H,24,28)/t21-/m0/s1. The molecule has 0 saturated carbocycles. The predicted octanol–water partition coefficient (Wildman–Crippen LogP) is 4.16. The molecular weight excluding hydrogens is 414 g/mol. The Hall–Kier alpha value is -2.87. The number of hydrogen-bond acceptors (Lipinski definition) is 5. The number of hydrogen-bond donors (Lipinski definition) is 1. The Morgan fingerprint density at radius 1 is 1.06 bits per heavy atom. The number of thioether (sulfide) groups is 1. The molecule has 8 heteroatoms. The van der Waals surface area contributed by atoms with Gasteiger partial charge in [-0.15, -0.1) is 11.8 Å². The summed E-state index contributed by atoms with van der Waals surface area (Å²) in [5.41, 5.74) is 1.91. The summed E-state index contributed by atoms with van der Waals surface area (Å²) >= 11 is 1.43. The Morgan fingerprint density at radius 2 is 1.71 bits per heavy atom. The van der Waals surface area contributed by atoms with Crippen LogP contribution < -0.4 is 5.32 Å². The Balaban J connectivity index is 2.07. The van der Waals surface area contributed by atoms with Crippen LogP contribution in [0, 0.1) is 10.1 Å². The summed E-state index contributed by atoms with van der Waals surface area (Å²) in [6.45, 7) is 6.06. The molecular formula is C23H29N3O4S. The molecule has 1 N–H and O–H groups in total. The van der Waals surface area contributed by atoms with Gasteiger partial charge in [0.15, 0.2) is 0 Å². The number of non-ortho nitro benzene ring substituents is 1. The largest absolute Gasteiger partial charge is 0.352 e. The highest BCUT2D eigenvalue weighted by molar-refractivity contribution is 7.99. The van der Waals surface area contributed by atoms with E-state index in [1.54, 1.807) is 17.0 Å². The van der Waals surface area contributed by atoms with Gasteiger partial charge in [-0.05, 0) is 31.4 Å². The second-order valence-electron chi connectivity index (χ2n) is 7.51. The Bertz CT molecular complexity index is 872. The molecule has 0 heterocycles. The van der Waals surface area contributed by atoms with E-state index >= 15 is 0 Å². The maximum atomic E-state index is 13.1. The third-order valence-electron chi connectivity index (χ3n) is 4.65. The predicted molar refractivity (Wildman–Crippen MR) is 124 cm³/mol. The summed E-state index contributed by atoms with van der Waals surface area (Å²) in [5, 5.41) is 13.7. The zero-order chi connectivity index (χ0) is 22.8. The summed E-state index contributed by atoms with van der Waals surface area (Å²) < 4.78 is 0. The monoisotopic (exact) mass is 443 g/mol. The average Bonchev–Trinajstić information content (AvgIpc) is 2.74. The number of nitro groups is 1. The van der Waals surface area contributed by atoms with Crippen molar-refractivity contribution in [2.24, 2.45) is 0 Å². The van der Waals surface area contributed by atoms with Crippen molar-refractivity contribution in [2.45, 2.75) is 51.6 Å². The van der Waals surface area contributed by atoms with E-state index in [4.69, 9.17) is 0 Å².